The van der Waals surface area contributed by atoms with Crippen molar-refractivity contribution in [1.29, 1.82) is 0 Å². The standard InChI is InChI=1S/C19H25ClN4O2S/c20-17-12-14-16(27-17)13-15(21-18(14)22-4-8-25-9-5-22)19(23-2-1-3-23)24-6-10-26-11-7-24/h12-13,19H,1-11H2. The summed E-state index contributed by atoms with van der Waals surface area (Å²) < 4.78 is 13.2. The van der Waals surface area contributed by atoms with E-state index in [0.717, 1.165) is 81.5 Å². The van der Waals surface area contributed by atoms with Crippen molar-refractivity contribution in [1.82, 2.24) is 14.8 Å². The highest BCUT2D eigenvalue weighted by atomic mass is 35.5. The maximum atomic E-state index is 6.39. The summed E-state index contributed by atoms with van der Waals surface area (Å²) >= 11 is 8.04. The van der Waals surface area contributed by atoms with Crippen LogP contribution in [0.1, 0.15) is 18.3 Å². The molecule has 5 rings (SSSR count). The molecule has 146 valence electrons. The van der Waals surface area contributed by atoms with Crippen LogP contribution in [0.5, 0.6) is 0 Å². The number of anilines is 1. The summed E-state index contributed by atoms with van der Waals surface area (Å²) in [5.41, 5.74) is 1.14. The Balaban J connectivity index is 1.57. The van der Waals surface area contributed by atoms with Gasteiger partial charge in [-0.05, 0) is 18.6 Å². The van der Waals surface area contributed by atoms with E-state index in [1.165, 1.54) is 16.5 Å². The SMILES string of the molecule is Clc1cc2c(N3CCOCC3)nc(C(N3CCC3)N3CCOCC3)cc2s1. The number of nitrogens with zero attached hydrogens (tertiary/aromatic N) is 4. The molecule has 3 aliphatic rings. The molecule has 0 amide bonds. The Morgan fingerprint density at radius 3 is 2.26 bits per heavy atom. The summed E-state index contributed by atoms with van der Waals surface area (Å²) in [6.45, 7) is 9.06. The maximum Gasteiger partial charge on any atom is 0.137 e. The summed E-state index contributed by atoms with van der Waals surface area (Å²) in [6, 6.07) is 4.32. The van der Waals surface area contributed by atoms with E-state index >= 15 is 0 Å². The van der Waals surface area contributed by atoms with Gasteiger partial charge in [0.15, 0.2) is 0 Å². The van der Waals surface area contributed by atoms with Crippen LogP contribution in [-0.4, -0.2) is 80.5 Å². The van der Waals surface area contributed by atoms with Gasteiger partial charge in [-0.1, -0.05) is 11.6 Å². The van der Waals surface area contributed by atoms with Crippen LogP contribution in [0.25, 0.3) is 10.1 Å². The number of pyridine rings is 1. The van der Waals surface area contributed by atoms with Crippen molar-refractivity contribution in [3.8, 4) is 0 Å². The van der Waals surface area contributed by atoms with E-state index in [4.69, 9.17) is 26.1 Å². The van der Waals surface area contributed by atoms with Crippen LogP contribution in [0.3, 0.4) is 0 Å². The summed E-state index contributed by atoms with van der Waals surface area (Å²) in [6.07, 6.45) is 1.50. The average Bonchev–Trinajstić information content (AvgIpc) is 3.05. The zero-order valence-electron chi connectivity index (χ0n) is 15.4. The van der Waals surface area contributed by atoms with Crippen molar-refractivity contribution in [2.75, 3.05) is 70.6 Å². The number of aromatic nitrogens is 1. The lowest BCUT2D eigenvalue weighted by Gasteiger charge is -2.45. The van der Waals surface area contributed by atoms with Gasteiger partial charge in [-0.3, -0.25) is 9.80 Å². The minimum atomic E-state index is 0.229. The van der Waals surface area contributed by atoms with Crippen LogP contribution in [0, 0.1) is 0 Å². The van der Waals surface area contributed by atoms with Gasteiger partial charge in [-0.15, -0.1) is 11.3 Å². The Labute approximate surface area is 168 Å². The molecule has 3 aliphatic heterocycles. The van der Waals surface area contributed by atoms with Gasteiger partial charge in [-0.25, -0.2) is 4.98 Å². The predicted octanol–water partition coefficient (Wildman–Crippen LogP) is 2.82. The topological polar surface area (TPSA) is 41.1 Å². The number of morpholine rings is 2. The van der Waals surface area contributed by atoms with E-state index in [-0.39, 0.29) is 6.17 Å². The van der Waals surface area contributed by atoms with Crippen LogP contribution in [0.2, 0.25) is 4.34 Å². The van der Waals surface area contributed by atoms with Crippen LogP contribution in [0.15, 0.2) is 12.1 Å². The molecule has 3 fully saturated rings. The molecule has 0 aromatic carbocycles. The molecule has 1 unspecified atom stereocenters. The summed E-state index contributed by atoms with van der Waals surface area (Å²) in [4.78, 5) is 12.6. The molecular weight excluding hydrogens is 384 g/mol. The second-order valence-corrected chi connectivity index (χ2v) is 9.06. The zero-order chi connectivity index (χ0) is 18.2. The summed E-state index contributed by atoms with van der Waals surface area (Å²) in [5.74, 6) is 1.06. The number of halogens is 1. The molecule has 3 saturated heterocycles. The van der Waals surface area contributed by atoms with Crippen molar-refractivity contribution in [2.24, 2.45) is 0 Å². The number of fused-ring (bicyclic) bond motifs is 1. The van der Waals surface area contributed by atoms with Crippen LogP contribution < -0.4 is 4.90 Å². The highest BCUT2D eigenvalue weighted by Gasteiger charge is 2.33. The van der Waals surface area contributed by atoms with Crippen molar-refractivity contribution < 1.29 is 9.47 Å². The smallest absolute Gasteiger partial charge is 0.137 e. The van der Waals surface area contributed by atoms with Crippen LogP contribution in [-0.2, 0) is 9.47 Å². The first kappa shape index (κ1) is 18.1. The second-order valence-electron chi connectivity index (χ2n) is 7.34. The molecule has 0 radical (unpaired) electrons. The van der Waals surface area contributed by atoms with Gasteiger partial charge < -0.3 is 14.4 Å². The molecule has 2 aromatic heterocycles. The maximum absolute atomic E-state index is 6.39. The molecule has 0 bridgehead atoms. The highest BCUT2D eigenvalue weighted by Crippen LogP contribution is 2.39. The Kier molecular flexibility index (Phi) is 5.23. The molecule has 2 aromatic rings. The number of likely N-dealkylation sites (tertiary alicyclic amines) is 1. The fraction of sp³-hybridized carbons (Fsp3) is 0.632. The largest absolute Gasteiger partial charge is 0.379 e. The monoisotopic (exact) mass is 408 g/mol. The summed E-state index contributed by atoms with van der Waals surface area (Å²) in [5, 5.41) is 1.17. The van der Waals surface area contributed by atoms with E-state index in [1.54, 1.807) is 11.3 Å². The van der Waals surface area contributed by atoms with Crippen LogP contribution >= 0.6 is 22.9 Å². The molecule has 5 heterocycles. The van der Waals surface area contributed by atoms with Gasteiger partial charge in [0.25, 0.3) is 0 Å². The first-order valence-corrected chi connectivity index (χ1v) is 11.0. The van der Waals surface area contributed by atoms with Gasteiger partial charge in [-0.2, -0.15) is 0 Å². The van der Waals surface area contributed by atoms with E-state index in [0.29, 0.717) is 0 Å². The number of rotatable bonds is 4. The minimum absolute atomic E-state index is 0.229. The number of thiophene rings is 1. The van der Waals surface area contributed by atoms with E-state index in [1.807, 2.05) is 0 Å². The predicted molar refractivity (Wildman–Crippen MR) is 109 cm³/mol. The fourth-order valence-corrected chi connectivity index (χ4v) is 5.35. The fourth-order valence-electron chi connectivity index (χ4n) is 4.17. The number of hydrogen-bond donors (Lipinski definition) is 0. The van der Waals surface area contributed by atoms with Gasteiger partial charge in [0, 0.05) is 49.4 Å². The molecule has 1 atom stereocenters. The normalized spacial score (nSPS) is 23.5. The Morgan fingerprint density at radius 2 is 1.59 bits per heavy atom. The van der Waals surface area contributed by atoms with E-state index < -0.39 is 0 Å². The average molecular weight is 409 g/mol. The van der Waals surface area contributed by atoms with Gasteiger partial charge in [0.1, 0.15) is 12.0 Å². The highest BCUT2D eigenvalue weighted by molar-refractivity contribution is 7.22. The molecule has 27 heavy (non-hydrogen) atoms. The van der Waals surface area contributed by atoms with Gasteiger partial charge >= 0.3 is 0 Å². The summed E-state index contributed by atoms with van der Waals surface area (Å²) in [7, 11) is 0. The molecule has 6 nitrogen and oxygen atoms in total. The Hall–Kier alpha value is -0.960. The second kappa shape index (κ2) is 7.81. The molecule has 0 N–H and O–H groups in total. The third-order valence-electron chi connectivity index (χ3n) is 5.69. The third kappa shape index (κ3) is 3.57. The lowest BCUT2D eigenvalue weighted by atomic mass is 10.1. The van der Waals surface area contributed by atoms with Crippen molar-refractivity contribution in [3.05, 3.63) is 22.2 Å². The van der Waals surface area contributed by atoms with Crippen molar-refractivity contribution >= 4 is 38.8 Å². The van der Waals surface area contributed by atoms with Gasteiger partial charge in [0.2, 0.25) is 0 Å². The van der Waals surface area contributed by atoms with Crippen molar-refractivity contribution in [2.45, 2.75) is 12.6 Å². The number of hydrogen-bond acceptors (Lipinski definition) is 7. The lowest BCUT2D eigenvalue weighted by Crippen LogP contribution is -2.51. The molecule has 0 saturated carbocycles. The van der Waals surface area contributed by atoms with Crippen LogP contribution in [0.4, 0.5) is 5.82 Å². The van der Waals surface area contributed by atoms with Gasteiger partial charge in [0.05, 0.1) is 36.5 Å². The Bertz CT molecular complexity index is 800. The van der Waals surface area contributed by atoms with E-state index in [9.17, 15) is 0 Å². The minimum Gasteiger partial charge on any atom is -0.379 e. The Morgan fingerprint density at radius 1 is 0.926 bits per heavy atom. The molecule has 8 heteroatoms. The zero-order valence-corrected chi connectivity index (χ0v) is 17.0. The lowest BCUT2D eigenvalue weighted by molar-refractivity contribution is -0.0562. The first-order chi connectivity index (χ1) is 13.3. The van der Waals surface area contributed by atoms with E-state index in [2.05, 4.69) is 26.8 Å². The third-order valence-corrected chi connectivity index (χ3v) is 6.90. The molecule has 0 aliphatic carbocycles. The number of ether oxygens (including phenoxy) is 2. The quantitative estimate of drug-likeness (QED) is 0.774. The first-order valence-electron chi connectivity index (χ1n) is 9.78. The molecular formula is C19H25ClN4O2S. The molecule has 0 spiro atoms. The van der Waals surface area contributed by atoms with Crippen molar-refractivity contribution in [3.63, 3.8) is 0 Å².